The number of fused-ring (bicyclic) bond motifs is 2. The largest absolute Gasteiger partial charge is 0.427 e. The quantitative estimate of drug-likeness (QED) is 0.0677. The normalized spacial score (nSPS) is 11.8. The van der Waals surface area contributed by atoms with Gasteiger partial charge in [-0.25, -0.2) is 9.48 Å². The first-order valence-corrected chi connectivity index (χ1v) is 22.0. The van der Waals surface area contributed by atoms with Gasteiger partial charge in [-0.2, -0.15) is 0 Å². The molecule has 0 aliphatic rings. The number of thiophene rings is 1. The number of hydrogen-bond acceptors (Lipinski definition) is 9. The van der Waals surface area contributed by atoms with Gasteiger partial charge in [-0.15, -0.1) is 16.4 Å². The molecule has 0 atom stereocenters. The predicted molar refractivity (Wildman–Crippen MR) is 251 cm³/mol. The van der Waals surface area contributed by atoms with Gasteiger partial charge in [-0.3, -0.25) is 9.59 Å². The molecule has 0 bridgehead atoms. The summed E-state index contributed by atoms with van der Waals surface area (Å²) in [6, 6.07) is 54.4. The molecule has 318 valence electrons. The zero-order chi connectivity index (χ0) is 44.4. The number of para-hydroxylation sites is 1. The fourth-order valence-electron chi connectivity index (χ4n) is 8.37. The summed E-state index contributed by atoms with van der Waals surface area (Å²) in [5.74, 6) is -0.598. The number of esters is 2. The average molecular weight is 864 g/mol. The molecule has 10 nitrogen and oxygen atoms in total. The van der Waals surface area contributed by atoms with Crippen LogP contribution in [0.1, 0.15) is 65.2 Å². The Kier molecular flexibility index (Phi) is 11.3. The maximum Gasteiger partial charge on any atom is 0.343 e. The molecule has 0 aliphatic heterocycles. The summed E-state index contributed by atoms with van der Waals surface area (Å²) in [6.07, 6.45) is 0.754. The summed E-state index contributed by atoms with van der Waals surface area (Å²) < 4.78 is 14.7. The molecule has 0 amide bonds. The second-order valence-electron chi connectivity index (χ2n) is 16.6. The van der Waals surface area contributed by atoms with Crippen LogP contribution in [0.15, 0.2) is 169 Å². The highest BCUT2D eigenvalue weighted by molar-refractivity contribution is 7.18. The number of tetrazole rings is 1. The molecule has 11 heteroatoms. The van der Waals surface area contributed by atoms with E-state index in [1.807, 2.05) is 88.1 Å². The highest BCUT2D eigenvalue weighted by Crippen LogP contribution is 2.43. The van der Waals surface area contributed by atoms with Crippen molar-refractivity contribution >= 4 is 44.4 Å². The van der Waals surface area contributed by atoms with Crippen LogP contribution in [0, 0.1) is 5.41 Å². The minimum Gasteiger partial charge on any atom is -0.427 e. The van der Waals surface area contributed by atoms with Crippen LogP contribution >= 0.6 is 11.3 Å². The van der Waals surface area contributed by atoms with Crippen molar-refractivity contribution in [2.75, 3.05) is 6.79 Å². The van der Waals surface area contributed by atoms with E-state index in [0.29, 0.717) is 28.7 Å². The number of aromatic nitrogens is 5. The van der Waals surface area contributed by atoms with E-state index in [9.17, 15) is 14.4 Å². The van der Waals surface area contributed by atoms with Crippen LogP contribution in [0.4, 0.5) is 0 Å². The number of aryl methyl sites for hydroxylation is 1. The Morgan fingerprint density at radius 3 is 1.86 bits per heavy atom. The Balaban J connectivity index is 1.12. The SMILES string of the molecule is CCc1cc2c(=O)c3cccc(C(=O)OCOC(=O)C(C)(C)C)c3n(Cc3ccc(-c4ccccc4-c4nnnn4C(c4ccccc4)(c4ccccc4)c4ccccc4)cc3)c2s1. The Labute approximate surface area is 374 Å². The van der Waals surface area contributed by atoms with E-state index in [1.54, 1.807) is 39.0 Å². The van der Waals surface area contributed by atoms with Gasteiger partial charge < -0.3 is 14.0 Å². The highest BCUT2D eigenvalue weighted by Gasteiger charge is 2.42. The van der Waals surface area contributed by atoms with Crippen LogP contribution in [0.2, 0.25) is 0 Å². The van der Waals surface area contributed by atoms with Crippen LogP contribution in [0.3, 0.4) is 0 Å². The fourth-order valence-corrected chi connectivity index (χ4v) is 9.46. The molecule has 3 heterocycles. The first kappa shape index (κ1) is 41.8. The average Bonchev–Trinajstić information content (AvgIpc) is 4.00. The topological polar surface area (TPSA) is 118 Å². The van der Waals surface area contributed by atoms with Crippen LogP contribution in [-0.2, 0) is 32.8 Å². The number of carbonyl (C=O) groups is 2. The van der Waals surface area contributed by atoms with Gasteiger partial charge in [0.2, 0.25) is 6.79 Å². The Morgan fingerprint density at radius 2 is 1.27 bits per heavy atom. The van der Waals surface area contributed by atoms with Crippen molar-refractivity contribution in [2.45, 2.75) is 46.2 Å². The van der Waals surface area contributed by atoms with Gasteiger partial charge >= 0.3 is 11.9 Å². The summed E-state index contributed by atoms with van der Waals surface area (Å²) in [7, 11) is 0. The molecule has 0 fully saturated rings. The predicted octanol–water partition coefficient (Wildman–Crippen LogP) is 10.7. The van der Waals surface area contributed by atoms with Gasteiger partial charge in [0.05, 0.1) is 21.9 Å². The lowest BCUT2D eigenvalue weighted by Crippen LogP contribution is -2.39. The monoisotopic (exact) mass is 863 g/mol. The molecule has 64 heavy (non-hydrogen) atoms. The maximum absolute atomic E-state index is 14.0. The van der Waals surface area contributed by atoms with E-state index in [4.69, 9.17) is 19.8 Å². The highest BCUT2D eigenvalue weighted by atomic mass is 32.1. The first-order valence-electron chi connectivity index (χ1n) is 21.2. The van der Waals surface area contributed by atoms with Gasteiger partial charge in [0, 0.05) is 22.4 Å². The van der Waals surface area contributed by atoms with Crippen molar-refractivity contribution in [1.29, 1.82) is 0 Å². The number of benzene rings is 6. The van der Waals surface area contributed by atoms with Crippen LogP contribution in [0.25, 0.3) is 43.6 Å². The Morgan fingerprint density at radius 1 is 0.672 bits per heavy atom. The third-order valence-electron chi connectivity index (χ3n) is 11.5. The van der Waals surface area contributed by atoms with E-state index in [1.165, 1.54) is 11.3 Å². The van der Waals surface area contributed by atoms with Crippen LogP contribution in [0.5, 0.6) is 0 Å². The molecule has 0 saturated carbocycles. The number of pyridine rings is 1. The lowest BCUT2D eigenvalue weighted by Gasteiger charge is -2.36. The van der Waals surface area contributed by atoms with Gasteiger partial charge in [0.25, 0.3) is 0 Å². The summed E-state index contributed by atoms with van der Waals surface area (Å²) in [5, 5.41) is 14.9. The van der Waals surface area contributed by atoms with Crippen LogP contribution < -0.4 is 5.43 Å². The summed E-state index contributed by atoms with van der Waals surface area (Å²) >= 11 is 1.54. The molecule has 0 saturated heterocycles. The molecule has 9 aromatic rings. The van der Waals surface area contributed by atoms with Crippen molar-refractivity contribution in [3.8, 4) is 22.5 Å². The lowest BCUT2D eigenvalue weighted by molar-refractivity contribution is -0.161. The number of rotatable bonds is 12. The van der Waals surface area contributed by atoms with Crippen molar-refractivity contribution in [3.63, 3.8) is 0 Å². The summed E-state index contributed by atoms with van der Waals surface area (Å²) in [5.41, 5.74) is 5.51. The molecule has 3 aromatic heterocycles. The maximum atomic E-state index is 14.0. The summed E-state index contributed by atoms with van der Waals surface area (Å²) in [6.45, 7) is 7.04. The number of hydrogen-bond donors (Lipinski definition) is 0. The van der Waals surface area contributed by atoms with Gasteiger partial charge in [-0.05, 0) is 89.2 Å². The third-order valence-corrected chi connectivity index (χ3v) is 12.8. The molecular formula is C53H45N5O5S. The zero-order valence-corrected chi connectivity index (χ0v) is 36.7. The molecule has 0 unspecified atom stereocenters. The minimum absolute atomic E-state index is 0.156. The molecule has 0 spiro atoms. The van der Waals surface area contributed by atoms with Crippen molar-refractivity contribution in [1.82, 2.24) is 24.8 Å². The van der Waals surface area contributed by atoms with Crippen molar-refractivity contribution in [2.24, 2.45) is 5.41 Å². The van der Waals surface area contributed by atoms with E-state index in [0.717, 1.165) is 55.1 Å². The lowest BCUT2D eigenvalue weighted by atomic mass is 9.77. The first-order chi connectivity index (χ1) is 31.1. The van der Waals surface area contributed by atoms with Gasteiger partial charge in [-0.1, -0.05) is 153 Å². The second kappa shape index (κ2) is 17.3. The van der Waals surface area contributed by atoms with E-state index in [2.05, 4.69) is 78.9 Å². The van der Waals surface area contributed by atoms with Gasteiger partial charge in [0.15, 0.2) is 11.3 Å². The second-order valence-corrected chi connectivity index (χ2v) is 17.7. The van der Waals surface area contributed by atoms with Crippen molar-refractivity contribution in [3.05, 3.63) is 207 Å². The Hall–Kier alpha value is -7.50. The van der Waals surface area contributed by atoms with E-state index >= 15 is 0 Å². The molecular weight excluding hydrogens is 819 g/mol. The molecule has 6 aromatic carbocycles. The number of carbonyl (C=O) groups excluding carboxylic acids is 2. The smallest absolute Gasteiger partial charge is 0.343 e. The van der Waals surface area contributed by atoms with Gasteiger partial charge in [0.1, 0.15) is 10.4 Å². The standard InChI is InChI=1S/C53H45N5O5S/c1-5-40-32-45-47(59)43-26-17-27-44(50(60)62-34-63-51(61)52(2,3)4)46(43)57(49(45)64-40)33-35-28-30-36(31-29-35)41-24-15-16-25-42(41)48-54-55-56-58(48)53(37-18-9-6-10-19-37,38-20-11-7-12-21-38)39-22-13-8-14-23-39/h6-32H,5,33-34H2,1-4H3. The molecule has 0 aliphatic carbocycles. The van der Waals surface area contributed by atoms with Crippen molar-refractivity contribution < 1.29 is 19.1 Å². The van der Waals surface area contributed by atoms with Crippen LogP contribution in [-0.4, -0.2) is 43.5 Å². The minimum atomic E-state index is -0.924. The number of nitrogens with zero attached hydrogens (tertiary/aromatic N) is 5. The molecule has 9 rings (SSSR count). The Bertz CT molecular complexity index is 3090. The zero-order valence-electron chi connectivity index (χ0n) is 35.9. The van der Waals surface area contributed by atoms with E-state index < -0.39 is 29.7 Å². The summed E-state index contributed by atoms with van der Waals surface area (Å²) in [4.78, 5) is 42.0. The third kappa shape index (κ3) is 7.58. The van der Waals surface area contributed by atoms with E-state index in [-0.39, 0.29) is 11.0 Å². The number of ether oxygens (including phenoxy) is 2. The fraction of sp³-hybridized carbons (Fsp3) is 0.170. The molecule has 0 radical (unpaired) electrons. The molecule has 0 N–H and O–H groups in total.